The number of carboxylic acid groups (broad SMARTS) is 1. The van der Waals surface area contributed by atoms with Gasteiger partial charge in [-0.05, 0) is 25.0 Å². The maximum Gasteiger partial charge on any atom is 0.310 e. The largest absolute Gasteiger partial charge is 0.481 e. The molecular weight excluding hydrogens is 543 g/mol. The Balaban J connectivity index is 1.07. The number of carbonyl (C=O) groups excluding carboxylic acids is 1. The van der Waals surface area contributed by atoms with Crippen molar-refractivity contribution in [3.63, 3.8) is 0 Å². The summed E-state index contributed by atoms with van der Waals surface area (Å²) in [6.45, 7) is 1.08. The van der Waals surface area contributed by atoms with Gasteiger partial charge in [0.2, 0.25) is 0 Å². The Bertz CT molecular complexity index is 1800. The van der Waals surface area contributed by atoms with Crippen molar-refractivity contribution in [2.24, 2.45) is 5.92 Å². The fourth-order valence-electron chi connectivity index (χ4n) is 4.86. The Labute approximate surface area is 230 Å². The lowest BCUT2D eigenvalue weighted by Crippen LogP contribution is -2.50. The van der Waals surface area contributed by atoms with Crippen LogP contribution >= 0.6 is 11.6 Å². The SMILES string of the molecule is O=C(NCc1ncn2ccc(Cl)c(F)c12)c1cn(Cc2cn3nc(C4CC4)cc(N4CC(C(=O)O)C4)c3n2)nn1. The van der Waals surface area contributed by atoms with Gasteiger partial charge in [-0.1, -0.05) is 16.8 Å². The first-order valence-corrected chi connectivity index (χ1v) is 13.1. The van der Waals surface area contributed by atoms with Gasteiger partial charge in [0.25, 0.3) is 5.91 Å². The molecule has 0 atom stereocenters. The summed E-state index contributed by atoms with van der Waals surface area (Å²) in [5, 5.41) is 24.7. The lowest BCUT2D eigenvalue weighted by atomic mass is 9.99. The number of rotatable bonds is 8. The van der Waals surface area contributed by atoms with Gasteiger partial charge in [-0.2, -0.15) is 5.10 Å². The number of hydrogen-bond donors (Lipinski definition) is 2. The molecule has 13 nitrogen and oxygen atoms in total. The monoisotopic (exact) mass is 564 g/mol. The molecule has 1 amide bonds. The molecule has 2 fully saturated rings. The van der Waals surface area contributed by atoms with Crippen LogP contribution in [0.4, 0.5) is 10.1 Å². The van der Waals surface area contributed by atoms with Gasteiger partial charge < -0.3 is 19.7 Å². The van der Waals surface area contributed by atoms with E-state index in [-0.39, 0.29) is 29.3 Å². The zero-order valence-corrected chi connectivity index (χ0v) is 21.7. The topological polar surface area (TPSA) is 148 Å². The maximum atomic E-state index is 14.5. The van der Waals surface area contributed by atoms with Crippen molar-refractivity contribution < 1.29 is 19.1 Å². The molecule has 1 saturated carbocycles. The summed E-state index contributed by atoms with van der Waals surface area (Å²) in [4.78, 5) is 34.9. The Morgan fingerprint density at radius 2 is 2.05 bits per heavy atom. The Hall–Kier alpha value is -4.59. The third-order valence-electron chi connectivity index (χ3n) is 7.22. The van der Waals surface area contributed by atoms with Gasteiger partial charge >= 0.3 is 5.97 Å². The lowest BCUT2D eigenvalue weighted by molar-refractivity contribution is -0.142. The Kier molecular flexibility index (Phi) is 5.66. The highest BCUT2D eigenvalue weighted by Crippen LogP contribution is 2.41. The second-order valence-electron chi connectivity index (χ2n) is 10.1. The van der Waals surface area contributed by atoms with Gasteiger partial charge in [-0.3, -0.25) is 9.59 Å². The van der Waals surface area contributed by atoms with Crippen molar-refractivity contribution in [2.45, 2.75) is 31.8 Å². The highest BCUT2D eigenvalue weighted by molar-refractivity contribution is 6.31. The Morgan fingerprint density at radius 1 is 1.23 bits per heavy atom. The summed E-state index contributed by atoms with van der Waals surface area (Å²) in [7, 11) is 0. The van der Waals surface area contributed by atoms with Crippen LogP contribution in [0.1, 0.15) is 46.3 Å². The summed E-state index contributed by atoms with van der Waals surface area (Å²) in [6, 6.07) is 3.45. The van der Waals surface area contributed by atoms with E-state index in [0.29, 0.717) is 36.0 Å². The van der Waals surface area contributed by atoms with Crippen LogP contribution in [0.2, 0.25) is 5.02 Å². The van der Waals surface area contributed by atoms with E-state index < -0.39 is 23.6 Å². The zero-order chi connectivity index (χ0) is 27.5. The zero-order valence-electron chi connectivity index (χ0n) is 20.9. The molecule has 204 valence electrons. The number of amides is 1. The summed E-state index contributed by atoms with van der Waals surface area (Å²) < 4.78 is 19.2. The molecule has 15 heteroatoms. The second-order valence-corrected chi connectivity index (χ2v) is 10.5. The average Bonchev–Trinajstić information content (AvgIpc) is 3.30. The number of carbonyl (C=O) groups is 2. The number of hydrogen-bond acceptors (Lipinski definition) is 8. The van der Waals surface area contributed by atoms with E-state index in [1.54, 1.807) is 10.7 Å². The molecule has 0 unspecified atom stereocenters. The normalized spacial score (nSPS) is 15.6. The summed E-state index contributed by atoms with van der Waals surface area (Å²) in [5.41, 5.74) is 3.74. The summed E-state index contributed by atoms with van der Waals surface area (Å²) in [6.07, 6.45) is 8.51. The fourth-order valence-corrected chi connectivity index (χ4v) is 5.01. The number of pyridine rings is 1. The van der Waals surface area contributed by atoms with Crippen LogP contribution in [-0.2, 0) is 17.9 Å². The quantitative estimate of drug-likeness (QED) is 0.289. The van der Waals surface area contributed by atoms with Crippen molar-refractivity contribution in [3.8, 4) is 0 Å². The molecule has 1 aliphatic heterocycles. The number of halogens is 2. The average molecular weight is 565 g/mol. The van der Waals surface area contributed by atoms with Crippen molar-refractivity contribution >= 4 is 40.3 Å². The van der Waals surface area contributed by atoms with Gasteiger partial charge in [-0.25, -0.2) is 23.6 Å². The van der Waals surface area contributed by atoms with E-state index in [2.05, 4.69) is 20.6 Å². The van der Waals surface area contributed by atoms with E-state index in [9.17, 15) is 19.1 Å². The van der Waals surface area contributed by atoms with Crippen molar-refractivity contribution in [3.05, 3.63) is 70.7 Å². The molecule has 2 N–H and O–H groups in total. The smallest absolute Gasteiger partial charge is 0.310 e. The van der Waals surface area contributed by atoms with Gasteiger partial charge in [0.15, 0.2) is 17.2 Å². The minimum atomic E-state index is -0.798. The minimum absolute atomic E-state index is 0.0249. The molecular formula is C25H22ClFN10O3. The number of aromatic nitrogens is 8. The maximum absolute atomic E-state index is 14.5. The van der Waals surface area contributed by atoms with E-state index >= 15 is 0 Å². The van der Waals surface area contributed by atoms with E-state index in [1.165, 1.54) is 27.7 Å². The van der Waals surface area contributed by atoms with Crippen LogP contribution in [0, 0.1) is 11.7 Å². The molecule has 7 rings (SSSR count). The van der Waals surface area contributed by atoms with Crippen molar-refractivity contribution in [2.75, 3.05) is 18.0 Å². The third-order valence-corrected chi connectivity index (χ3v) is 7.51. The molecule has 2 aliphatic rings. The highest BCUT2D eigenvalue weighted by atomic mass is 35.5. The van der Waals surface area contributed by atoms with Crippen molar-refractivity contribution in [1.29, 1.82) is 0 Å². The van der Waals surface area contributed by atoms with Gasteiger partial charge in [0.05, 0.1) is 65.5 Å². The number of aliphatic carboxylic acids is 1. The highest BCUT2D eigenvalue weighted by Gasteiger charge is 2.35. The van der Waals surface area contributed by atoms with E-state index in [1.807, 2.05) is 17.2 Å². The first kappa shape index (κ1) is 24.5. The molecule has 0 aromatic carbocycles. The molecule has 0 bridgehead atoms. The van der Waals surface area contributed by atoms with Crippen LogP contribution in [0.25, 0.3) is 11.2 Å². The van der Waals surface area contributed by atoms with Crippen LogP contribution in [0.3, 0.4) is 0 Å². The predicted octanol–water partition coefficient (Wildman–Crippen LogP) is 2.14. The number of fused-ring (bicyclic) bond motifs is 2. The van der Waals surface area contributed by atoms with Crippen LogP contribution < -0.4 is 10.2 Å². The molecule has 0 radical (unpaired) electrons. The first-order chi connectivity index (χ1) is 19.3. The number of nitrogens with one attached hydrogen (secondary N) is 1. The number of carboxylic acids is 1. The molecule has 0 spiro atoms. The number of anilines is 1. The number of imidazole rings is 2. The van der Waals surface area contributed by atoms with E-state index in [4.69, 9.17) is 21.7 Å². The number of nitrogens with zero attached hydrogens (tertiary/aromatic N) is 9. The lowest BCUT2D eigenvalue weighted by Gasteiger charge is -2.38. The fraction of sp³-hybridized carbons (Fsp3) is 0.320. The molecule has 40 heavy (non-hydrogen) atoms. The molecule has 1 aliphatic carbocycles. The minimum Gasteiger partial charge on any atom is -0.481 e. The Morgan fingerprint density at radius 3 is 2.83 bits per heavy atom. The van der Waals surface area contributed by atoms with Gasteiger partial charge in [-0.15, -0.1) is 5.10 Å². The van der Waals surface area contributed by atoms with Crippen LogP contribution in [0.15, 0.2) is 37.1 Å². The molecule has 5 aromatic rings. The van der Waals surface area contributed by atoms with Gasteiger partial charge in [0, 0.05) is 25.2 Å². The standard InChI is InChI=1S/C25H22ClFN10O3/c26-16-3-4-34-12-29-18(22(34)21(16)27)6-28-24(38)19-11-36(33-31-19)9-15-10-37-23(30-15)20(5-17(32-37)13-1-2-13)35-7-14(8-35)25(39)40/h3-5,10-14H,1-2,6-9H2,(H,28,38)(H,39,40). The first-order valence-electron chi connectivity index (χ1n) is 12.7. The second kappa shape index (κ2) is 9.26. The summed E-state index contributed by atoms with van der Waals surface area (Å²) in [5.74, 6) is -1.88. The molecule has 6 heterocycles. The summed E-state index contributed by atoms with van der Waals surface area (Å²) >= 11 is 5.89. The van der Waals surface area contributed by atoms with E-state index in [0.717, 1.165) is 24.2 Å². The van der Waals surface area contributed by atoms with Crippen LogP contribution in [-0.4, -0.2) is 69.0 Å². The van der Waals surface area contributed by atoms with Gasteiger partial charge in [0.1, 0.15) is 5.52 Å². The molecule has 1 saturated heterocycles. The van der Waals surface area contributed by atoms with Crippen LogP contribution in [0.5, 0.6) is 0 Å². The van der Waals surface area contributed by atoms with Crippen molar-refractivity contribution in [1.82, 2.24) is 44.3 Å². The third kappa shape index (κ3) is 4.29. The predicted molar refractivity (Wildman–Crippen MR) is 139 cm³/mol. The molecule has 5 aromatic heterocycles.